The van der Waals surface area contributed by atoms with Gasteiger partial charge in [-0.1, -0.05) is 13.2 Å². The van der Waals surface area contributed by atoms with E-state index in [1.54, 1.807) is 20.8 Å². The fourth-order valence-electron chi connectivity index (χ4n) is 0.860. The van der Waals surface area contributed by atoms with Crippen LogP contribution < -0.4 is 0 Å². The van der Waals surface area contributed by atoms with Gasteiger partial charge in [-0.3, -0.25) is 0 Å². The maximum Gasteiger partial charge on any atom is 0.337 e. The molecule has 6 nitrogen and oxygen atoms in total. The van der Waals surface area contributed by atoms with Crippen molar-refractivity contribution in [3.8, 4) is 0 Å². The van der Waals surface area contributed by atoms with E-state index in [-0.39, 0.29) is 23.7 Å². The van der Waals surface area contributed by atoms with Gasteiger partial charge in [0.2, 0.25) is 0 Å². The number of aliphatic carboxylic acids is 1. The highest BCUT2D eigenvalue weighted by Gasteiger charge is 2.07. The van der Waals surface area contributed by atoms with E-state index in [1.807, 2.05) is 0 Å². The van der Waals surface area contributed by atoms with Gasteiger partial charge in [0.15, 0.2) is 0 Å². The molecule has 0 fully saturated rings. The predicted molar refractivity (Wildman–Crippen MR) is 78.6 cm³/mol. The Morgan fingerprint density at radius 3 is 1.71 bits per heavy atom. The lowest BCUT2D eigenvalue weighted by Gasteiger charge is -2.00. The second-order valence-electron chi connectivity index (χ2n) is 3.88. The van der Waals surface area contributed by atoms with Gasteiger partial charge in [-0.15, -0.1) is 0 Å². The lowest BCUT2D eigenvalue weighted by Crippen LogP contribution is -2.06. The van der Waals surface area contributed by atoms with Gasteiger partial charge in [0.1, 0.15) is 0 Å². The van der Waals surface area contributed by atoms with E-state index in [2.05, 4.69) is 22.6 Å². The Morgan fingerprint density at radius 1 is 1.00 bits per heavy atom. The number of hydrogen-bond acceptors (Lipinski definition) is 5. The van der Waals surface area contributed by atoms with Crippen LogP contribution in [-0.4, -0.2) is 36.2 Å². The highest BCUT2D eigenvalue weighted by molar-refractivity contribution is 5.94. The van der Waals surface area contributed by atoms with Crippen LogP contribution in [0.15, 0.2) is 36.0 Å². The zero-order valence-electron chi connectivity index (χ0n) is 12.9. The van der Waals surface area contributed by atoms with Gasteiger partial charge in [0.25, 0.3) is 0 Å². The molecule has 0 aromatic heterocycles. The van der Waals surface area contributed by atoms with Crippen LogP contribution in [-0.2, 0) is 23.9 Å². The average molecular weight is 298 g/mol. The van der Waals surface area contributed by atoms with Crippen LogP contribution in [0.1, 0.15) is 27.7 Å². The van der Waals surface area contributed by atoms with Crippen LogP contribution in [0.4, 0.5) is 0 Å². The summed E-state index contributed by atoms with van der Waals surface area (Å²) in [6.07, 6.45) is 1.18. The Labute approximate surface area is 124 Å². The Hall–Kier alpha value is -2.37. The Kier molecular flexibility index (Phi) is 11.4. The largest absolute Gasteiger partial charge is 0.478 e. The molecule has 0 aromatic rings. The molecule has 0 amide bonds. The lowest BCUT2D eigenvalue weighted by molar-refractivity contribution is -0.139. The van der Waals surface area contributed by atoms with E-state index in [4.69, 9.17) is 5.11 Å². The number of carboxylic acids is 1. The molecule has 0 aliphatic heterocycles. The average Bonchev–Trinajstić information content (AvgIpc) is 2.39. The van der Waals surface area contributed by atoms with Crippen molar-refractivity contribution >= 4 is 17.9 Å². The molecule has 0 rings (SSSR count). The number of esters is 2. The molecule has 0 saturated carbocycles. The summed E-state index contributed by atoms with van der Waals surface area (Å²) in [6.45, 7) is 13.9. The van der Waals surface area contributed by atoms with Crippen LogP contribution in [0.3, 0.4) is 0 Å². The van der Waals surface area contributed by atoms with Crippen molar-refractivity contribution < 1.29 is 29.0 Å². The monoisotopic (exact) mass is 298 g/mol. The highest BCUT2D eigenvalue weighted by Crippen LogP contribution is 2.02. The van der Waals surface area contributed by atoms with Crippen LogP contribution in [0.5, 0.6) is 0 Å². The lowest BCUT2D eigenvalue weighted by atomic mass is 10.2. The minimum atomic E-state index is -1.08. The van der Waals surface area contributed by atoms with Crippen LogP contribution in [0.25, 0.3) is 0 Å². The normalized spacial score (nSPS) is 9.81. The van der Waals surface area contributed by atoms with Crippen molar-refractivity contribution in [2.45, 2.75) is 27.7 Å². The Bertz CT molecular complexity index is 445. The maximum atomic E-state index is 10.9. The molecule has 0 atom stereocenters. The highest BCUT2D eigenvalue weighted by atomic mass is 16.5. The fraction of sp³-hybridized carbons (Fsp3) is 0.400. The minimum absolute atomic E-state index is 0.0433. The van der Waals surface area contributed by atoms with Crippen LogP contribution in [0, 0.1) is 0 Å². The van der Waals surface area contributed by atoms with Gasteiger partial charge < -0.3 is 14.6 Å². The van der Waals surface area contributed by atoms with Gasteiger partial charge in [-0.25, -0.2) is 14.4 Å². The molecule has 6 heteroatoms. The first-order valence-corrected chi connectivity index (χ1v) is 6.27. The van der Waals surface area contributed by atoms with Crippen LogP contribution >= 0.6 is 0 Å². The molecule has 0 radical (unpaired) electrons. The predicted octanol–water partition coefficient (Wildman–Crippen LogP) is 2.26. The molecule has 0 aliphatic rings. The topological polar surface area (TPSA) is 89.9 Å². The summed E-state index contributed by atoms with van der Waals surface area (Å²) >= 11 is 0. The fourth-order valence-corrected chi connectivity index (χ4v) is 0.860. The molecule has 0 spiro atoms. The smallest absolute Gasteiger partial charge is 0.337 e. The third-order valence-corrected chi connectivity index (χ3v) is 1.89. The summed E-state index contributed by atoms with van der Waals surface area (Å²) in [6, 6.07) is 0. The second kappa shape index (κ2) is 11.5. The molecule has 1 N–H and O–H groups in total. The number of carbonyl (C=O) groups is 3. The molecular weight excluding hydrogens is 276 g/mol. The third kappa shape index (κ3) is 11.2. The maximum absolute atomic E-state index is 10.9. The molecule has 0 aromatic carbocycles. The SMILES string of the molecule is C=C(C)C(=O)OCC.C=C(C=C(C)C(=O)O)C(=O)OCC. The first-order chi connectivity index (χ1) is 9.67. The van der Waals surface area contributed by atoms with E-state index in [1.165, 1.54) is 13.0 Å². The van der Waals surface area contributed by atoms with Crippen molar-refractivity contribution in [1.29, 1.82) is 0 Å². The molecular formula is C15H22O6. The van der Waals surface area contributed by atoms with Gasteiger partial charge in [-0.2, -0.15) is 0 Å². The summed E-state index contributed by atoms with van der Waals surface area (Å²) in [5.74, 6) is -1.99. The Morgan fingerprint density at radius 2 is 1.43 bits per heavy atom. The van der Waals surface area contributed by atoms with Crippen molar-refractivity contribution in [2.75, 3.05) is 13.2 Å². The third-order valence-electron chi connectivity index (χ3n) is 1.89. The van der Waals surface area contributed by atoms with Crippen molar-refractivity contribution in [3.05, 3.63) is 36.0 Å². The summed E-state index contributed by atoms with van der Waals surface area (Å²) in [5.41, 5.74) is 0.548. The quantitative estimate of drug-likeness (QED) is 0.459. The van der Waals surface area contributed by atoms with E-state index < -0.39 is 11.9 Å². The standard InChI is InChI=1S/C9H12O4.C6H10O2/c1-4-13-9(12)7(3)5-6(2)8(10)11;1-4-8-6(7)5(2)3/h5H,3-4H2,1-2H3,(H,10,11);2,4H2,1,3H3. The number of carbonyl (C=O) groups excluding carboxylic acids is 2. The summed E-state index contributed by atoms with van der Waals surface area (Å²) in [5, 5.41) is 8.48. The summed E-state index contributed by atoms with van der Waals surface area (Å²) < 4.78 is 9.17. The zero-order chi connectivity index (χ0) is 17.0. The molecule has 118 valence electrons. The van der Waals surface area contributed by atoms with Crippen molar-refractivity contribution in [1.82, 2.24) is 0 Å². The summed E-state index contributed by atoms with van der Waals surface area (Å²) in [4.78, 5) is 31.7. The zero-order valence-corrected chi connectivity index (χ0v) is 12.9. The van der Waals surface area contributed by atoms with Crippen LogP contribution in [0.2, 0.25) is 0 Å². The van der Waals surface area contributed by atoms with Gasteiger partial charge in [0, 0.05) is 11.1 Å². The molecule has 0 bridgehead atoms. The van der Waals surface area contributed by atoms with Crippen molar-refractivity contribution in [3.63, 3.8) is 0 Å². The van der Waals surface area contributed by atoms with Crippen molar-refractivity contribution in [2.24, 2.45) is 0 Å². The second-order valence-corrected chi connectivity index (χ2v) is 3.88. The number of rotatable bonds is 6. The molecule has 0 aliphatic carbocycles. The molecule has 21 heavy (non-hydrogen) atoms. The molecule has 0 saturated heterocycles. The Balaban J connectivity index is 0. The molecule has 0 unspecified atom stereocenters. The molecule has 0 heterocycles. The van der Waals surface area contributed by atoms with E-state index in [9.17, 15) is 14.4 Å². The van der Waals surface area contributed by atoms with Gasteiger partial charge >= 0.3 is 17.9 Å². The number of ether oxygens (including phenoxy) is 2. The number of hydrogen-bond donors (Lipinski definition) is 1. The first kappa shape index (κ1) is 20.9. The van der Waals surface area contributed by atoms with E-state index >= 15 is 0 Å². The number of carboxylic acid groups (broad SMARTS) is 1. The van der Waals surface area contributed by atoms with Gasteiger partial charge in [-0.05, 0) is 33.8 Å². The summed E-state index contributed by atoms with van der Waals surface area (Å²) in [7, 11) is 0. The minimum Gasteiger partial charge on any atom is -0.478 e. The first-order valence-electron chi connectivity index (χ1n) is 6.27. The van der Waals surface area contributed by atoms with Gasteiger partial charge in [0.05, 0.1) is 18.8 Å². The van der Waals surface area contributed by atoms with E-state index in [0.29, 0.717) is 12.2 Å². The van der Waals surface area contributed by atoms with E-state index in [0.717, 1.165) is 0 Å².